The van der Waals surface area contributed by atoms with Gasteiger partial charge in [0.25, 0.3) is 0 Å². The fourth-order valence-corrected chi connectivity index (χ4v) is 1.80. The Hall–Kier alpha value is -2.32. The molecule has 0 aliphatic rings. The first-order chi connectivity index (χ1) is 9.88. The van der Waals surface area contributed by atoms with E-state index in [1.807, 2.05) is 0 Å². The number of anilines is 3. The zero-order chi connectivity index (χ0) is 15.6. The lowest BCUT2D eigenvalue weighted by Gasteiger charge is -2.15. The molecule has 0 atom stereocenters. The third-order valence-corrected chi connectivity index (χ3v) is 3.14. The van der Waals surface area contributed by atoms with Gasteiger partial charge in [0.15, 0.2) is 0 Å². The van der Waals surface area contributed by atoms with Crippen molar-refractivity contribution in [3.8, 4) is 0 Å². The minimum atomic E-state index is -1.25. The summed E-state index contributed by atoms with van der Waals surface area (Å²) in [5.41, 5.74) is 6.51. The predicted octanol–water partition coefficient (Wildman–Crippen LogP) is 3.10. The lowest BCUT2D eigenvalue weighted by Crippen LogP contribution is -2.26. The van der Waals surface area contributed by atoms with E-state index in [-0.39, 0.29) is 11.4 Å². The number of amides is 2. The highest BCUT2D eigenvalue weighted by Crippen LogP contribution is 2.25. The molecule has 0 unspecified atom stereocenters. The van der Waals surface area contributed by atoms with Crippen molar-refractivity contribution in [2.75, 3.05) is 15.4 Å². The van der Waals surface area contributed by atoms with Crippen molar-refractivity contribution >= 4 is 53.5 Å². The number of nitrogens with zero attached hydrogens (tertiary/aromatic N) is 1. The summed E-state index contributed by atoms with van der Waals surface area (Å²) in [6, 6.07) is 5.12. The van der Waals surface area contributed by atoms with Crippen LogP contribution >= 0.6 is 24.4 Å². The highest BCUT2D eigenvalue weighted by atomic mass is 35.5. The van der Waals surface area contributed by atoms with Gasteiger partial charge in [-0.15, -0.1) is 0 Å². The van der Waals surface area contributed by atoms with Crippen molar-refractivity contribution in [1.29, 1.82) is 0 Å². The quantitative estimate of drug-likeness (QED) is 0.511. The zero-order valence-corrected chi connectivity index (χ0v) is 12.1. The molecule has 0 spiro atoms. The number of carbonyl (C=O) groups is 2. The van der Waals surface area contributed by atoms with Gasteiger partial charge in [-0.2, -0.15) is 0 Å². The highest BCUT2D eigenvalue weighted by Gasteiger charge is 2.18. The van der Waals surface area contributed by atoms with E-state index in [4.69, 9.17) is 26.9 Å². The molecule has 0 bridgehead atoms. The van der Waals surface area contributed by atoms with E-state index in [2.05, 4.69) is 18.1 Å². The van der Waals surface area contributed by atoms with Crippen molar-refractivity contribution in [3.63, 3.8) is 0 Å². The first-order valence-electron chi connectivity index (χ1n) is 5.55. The third kappa shape index (κ3) is 3.41. The first-order valence-corrected chi connectivity index (χ1v) is 6.33. The van der Waals surface area contributed by atoms with Crippen molar-refractivity contribution in [2.45, 2.75) is 0 Å². The van der Waals surface area contributed by atoms with Gasteiger partial charge < -0.3 is 20.6 Å². The van der Waals surface area contributed by atoms with Crippen LogP contribution < -0.4 is 15.4 Å². The lowest BCUT2D eigenvalue weighted by molar-refractivity contribution is 0.0662. The maximum atomic E-state index is 12.0. The molecule has 0 aliphatic carbocycles. The van der Waals surface area contributed by atoms with Crippen LogP contribution in [0.3, 0.4) is 0 Å². The molecule has 0 saturated carbocycles. The number of carboxylic acid groups (broad SMARTS) is 1. The minimum Gasteiger partial charge on any atom is -0.475 e. The standard InChI is InChI=1S/C12H10ClN3O4S/c13-6-1-2-8(14)9(3-6)15-12(19)16(21)7-4-10(11(17)18)20-5-7/h1-5,21H,14H2,(H,15,19)(H,17,18). The largest absolute Gasteiger partial charge is 0.475 e. The molecule has 1 aromatic heterocycles. The second-order valence-electron chi connectivity index (χ2n) is 3.95. The molecule has 9 heteroatoms. The number of furan rings is 1. The second-order valence-corrected chi connectivity index (χ2v) is 4.78. The molecular formula is C12H10ClN3O4S. The van der Waals surface area contributed by atoms with Gasteiger partial charge in [0, 0.05) is 11.1 Å². The van der Waals surface area contributed by atoms with Crippen LogP contribution in [0.4, 0.5) is 21.9 Å². The number of urea groups is 1. The van der Waals surface area contributed by atoms with E-state index in [1.165, 1.54) is 6.07 Å². The van der Waals surface area contributed by atoms with Crippen LogP contribution in [0, 0.1) is 0 Å². The molecule has 1 aromatic carbocycles. The number of carboxylic acids is 1. The SMILES string of the molecule is Nc1ccc(Cl)cc1NC(=O)N(S)c1coc(C(=O)O)c1. The van der Waals surface area contributed by atoms with Crippen LogP contribution in [0.15, 0.2) is 34.9 Å². The van der Waals surface area contributed by atoms with Crippen LogP contribution in [0.1, 0.15) is 10.6 Å². The van der Waals surface area contributed by atoms with Crippen LogP contribution in [0.25, 0.3) is 0 Å². The number of thiol groups is 1. The summed E-state index contributed by atoms with van der Waals surface area (Å²) in [5.74, 6) is -1.55. The molecular weight excluding hydrogens is 318 g/mol. The summed E-state index contributed by atoms with van der Waals surface area (Å²) in [6.45, 7) is 0. The number of benzene rings is 1. The smallest absolute Gasteiger partial charge is 0.371 e. The topological polar surface area (TPSA) is 109 Å². The van der Waals surface area contributed by atoms with Crippen molar-refractivity contribution in [1.82, 2.24) is 0 Å². The summed E-state index contributed by atoms with van der Waals surface area (Å²) >= 11 is 9.80. The number of rotatable bonds is 3. The van der Waals surface area contributed by atoms with Gasteiger partial charge >= 0.3 is 12.0 Å². The summed E-state index contributed by atoms with van der Waals surface area (Å²) < 4.78 is 5.66. The van der Waals surface area contributed by atoms with E-state index in [1.54, 1.807) is 12.1 Å². The van der Waals surface area contributed by atoms with Crippen molar-refractivity contribution in [3.05, 3.63) is 41.3 Å². The van der Waals surface area contributed by atoms with Crippen LogP contribution in [0.2, 0.25) is 5.02 Å². The van der Waals surface area contributed by atoms with E-state index in [0.29, 0.717) is 16.4 Å². The van der Waals surface area contributed by atoms with Gasteiger partial charge in [-0.3, -0.25) is 0 Å². The molecule has 110 valence electrons. The van der Waals surface area contributed by atoms with Gasteiger partial charge in [-0.25, -0.2) is 13.9 Å². The number of hydrogen-bond acceptors (Lipinski definition) is 5. The Labute approximate surface area is 129 Å². The zero-order valence-electron chi connectivity index (χ0n) is 10.4. The van der Waals surface area contributed by atoms with Crippen LogP contribution in [-0.2, 0) is 0 Å². The molecule has 2 aromatic rings. The highest BCUT2D eigenvalue weighted by molar-refractivity contribution is 7.82. The predicted molar refractivity (Wildman–Crippen MR) is 82.0 cm³/mol. The maximum Gasteiger partial charge on any atom is 0.371 e. The number of aromatic carboxylic acids is 1. The van der Waals surface area contributed by atoms with Gasteiger partial charge in [-0.1, -0.05) is 24.4 Å². The summed E-state index contributed by atoms with van der Waals surface area (Å²) in [4.78, 5) is 22.7. The summed E-state index contributed by atoms with van der Waals surface area (Å²) in [7, 11) is 0. The molecule has 1 heterocycles. The Bertz CT molecular complexity index is 704. The summed E-state index contributed by atoms with van der Waals surface area (Å²) in [5, 5.41) is 11.7. The van der Waals surface area contributed by atoms with Gasteiger partial charge in [0.1, 0.15) is 6.26 Å². The molecule has 7 nitrogen and oxygen atoms in total. The number of halogens is 1. The molecule has 4 N–H and O–H groups in total. The normalized spacial score (nSPS) is 10.2. The molecule has 21 heavy (non-hydrogen) atoms. The fourth-order valence-electron chi connectivity index (χ4n) is 1.47. The number of nitrogen functional groups attached to an aromatic ring is 1. The average molecular weight is 328 g/mol. The average Bonchev–Trinajstić information content (AvgIpc) is 2.91. The number of nitrogens with one attached hydrogen (secondary N) is 1. The molecule has 0 fully saturated rings. The van der Waals surface area contributed by atoms with E-state index in [0.717, 1.165) is 16.6 Å². The second kappa shape index (κ2) is 5.98. The summed E-state index contributed by atoms with van der Waals surface area (Å²) in [6.07, 6.45) is 1.09. The van der Waals surface area contributed by atoms with Gasteiger partial charge in [0.05, 0.1) is 17.1 Å². The lowest BCUT2D eigenvalue weighted by atomic mass is 10.3. The number of nitrogens with two attached hydrogens (primary N) is 1. The number of hydrogen-bond donors (Lipinski definition) is 4. The number of carbonyl (C=O) groups excluding carboxylic acids is 1. The Morgan fingerprint density at radius 1 is 1.38 bits per heavy atom. The first kappa shape index (κ1) is 15.1. The van der Waals surface area contributed by atoms with Crippen molar-refractivity contribution < 1.29 is 19.1 Å². The van der Waals surface area contributed by atoms with Gasteiger partial charge in [0.2, 0.25) is 5.76 Å². The molecule has 0 radical (unpaired) electrons. The monoisotopic (exact) mass is 327 g/mol. The van der Waals surface area contributed by atoms with Crippen LogP contribution in [-0.4, -0.2) is 17.1 Å². The third-order valence-electron chi connectivity index (χ3n) is 2.49. The Morgan fingerprint density at radius 3 is 2.71 bits per heavy atom. The molecule has 0 aliphatic heterocycles. The van der Waals surface area contributed by atoms with E-state index in [9.17, 15) is 9.59 Å². The van der Waals surface area contributed by atoms with Gasteiger partial charge in [-0.05, 0) is 18.2 Å². The molecule has 2 amide bonds. The Balaban J connectivity index is 2.15. The van der Waals surface area contributed by atoms with E-state index < -0.39 is 12.0 Å². The van der Waals surface area contributed by atoms with Crippen LogP contribution in [0.5, 0.6) is 0 Å². The maximum absolute atomic E-state index is 12.0. The Kier molecular flexibility index (Phi) is 4.29. The Morgan fingerprint density at radius 2 is 2.10 bits per heavy atom. The molecule has 0 saturated heterocycles. The molecule has 2 rings (SSSR count). The fraction of sp³-hybridized carbons (Fsp3) is 0. The van der Waals surface area contributed by atoms with Crippen molar-refractivity contribution in [2.24, 2.45) is 0 Å². The minimum absolute atomic E-state index is 0.161. The van der Waals surface area contributed by atoms with E-state index >= 15 is 0 Å².